The molecule has 1 aromatic heterocycles. The van der Waals surface area contributed by atoms with Crippen molar-refractivity contribution in [3.8, 4) is 16.8 Å². The third-order valence-electron chi connectivity index (χ3n) is 9.55. The van der Waals surface area contributed by atoms with Crippen molar-refractivity contribution in [2.24, 2.45) is 9.98 Å². The van der Waals surface area contributed by atoms with Gasteiger partial charge in [-0.15, -0.1) is 0 Å². The quantitative estimate of drug-likeness (QED) is 0.138. The monoisotopic (exact) mass is 605 g/mol. The first-order valence-corrected chi connectivity index (χ1v) is 16.1. The number of nitrogens with zero attached hydrogens (tertiary/aromatic N) is 3. The van der Waals surface area contributed by atoms with Crippen molar-refractivity contribution in [2.75, 3.05) is 0 Å². The van der Waals surface area contributed by atoms with E-state index in [9.17, 15) is 0 Å². The summed E-state index contributed by atoms with van der Waals surface area (Å²) in [5.41, 5.74) is 13.4. The van der Waals surface area contributed by atoms with Gasteiger partial charge in [0, 0.05) is 33.1 Å². The van der Waals surface area contributed by atoms with E-state index >= 15 is 0 Å². The van der Waals surface area contributed by atoms with Gasteiger partial charge in [0.25, 0.3) is 0 Å². The van der Waals surface area contributed by atoms with E-state index in [1.54, 1.807) is 0 Å². The van der Waals surface area contributed by atoms with Gasteiger partial charge < -0.3 is 4.57 Å². The Kier molecular flexibility index (Phi) is 6.84. The minimum atomic E-state index is -0.0799. The zero-order valence-corrected chi connectivity index (χ0v) is 26.9. The Morgan fingerprint density at radius 2 is 1.21 bits per heavy atom. The summed E-state index contributed by atoms with van der Waals surface area (Å²) in [6, 6.07) is 51.3. The Bertz CT molecular complexity index is 2390. The van der Waals surface area contributed by atoms with Gasteiger partial charge in [0.1, 0.15) is 0 Å². The van der Waals surface area contributed by atoms with E-state index in [1.807, 2.05) is 60.7 Å². The molecule has 226 valence electrons. The molecule has 1 aliphatic carbocycles. The van der Waals surface area contributed by atoms with E-state index in [4.69, 9.17) is 9.98 Å². The Morgan fingerprint density at radius 3 is 2.00 bits per heavy atom. The summed E-state index contributed by atoms with van der Waals surface area (Å²) >= 11 is 0. The van der Waals surface area contributed by atoms with Gasteiger partial charge in [-0.3, -0.25) is 0 Å². The molecule has 1 aliphatic rings. The third kappa shape index (κ3) is 4.83. The number of fused-ring (bicyclic) bond motifs is 6. The average Bonchev–Trinajstić information content (AvgIpc) is 3.56. The van der Waals surface area contributed by atoms with Crippen LogP contribution in [0.1, 0.15) is 48.6 Å². The molecule has 0 fully saturated rings. The Labute approximate surface area is 275 Å². The first-order chi connectivity index (χ1) is 22.9. The predicted octanol–water partition coefficient (Wildman–Crippen LogP) is 11.0. The lowest BCUT2D eigenvalue weighted by atomic mass is 9.82. The Hall–Kier alpha value is -5.80. The molecule has 1 heterocycles. The van der Waals surface area contributed by atoms with Gasteiger partial charge in [0.15, 0.2) is 5.84 Å². The molecule has 0 saturated carbocycles. The van der Waals surface area contributed by atoms with Crippen LogP contribution in [0.4, 0.5) is 0 Å². The fourth-order valence-corrected chi connectivity index (χ4v) is 7.10. The van der Waals surface area contributed by atoms with Crippen molar-refractivity contribution in [2.45, 2.75) is 26.2 Å². The maximum absolute atomic E-state index is 5.12. The second-order valence-corrected chi connectivity index (χ2v) is 12.8. The second kappa shape index (κ2) is 11.2. The van der Waals surface area contributed by atoms with Crippen LogP contribution in [0.3, 0.4) is 0 Å². The molecular formula is C44H35N3. The number of hydrogen-bond donors (Lipinski definition) is 0. The van der Waals surface area contributed by atoms with Crippen LogP contribution in [0, 0.1) is 0 Å². The van der Waals surface area contributed by atoms with Crippen molar-refractivity contribution < 1.29 is 0 Å². The summed E-state index contributed by atoms with van der Waals surface area (Å²) in [6.45, 7) is 11.0. The van der Waals surface area contributed by atoms with E-state index in [-0.39, 0.29) is 5.41 Å². The van der Waals surface area contributed by atoms with Crippen molar-refractivity contribution in [1.29, 1.82) is 0 Å². The number of aromatic nitrogens is 1. The highest BCUT2D eigenvalue weighted by molar-refractivity contribution is 6.14. The summed E-state index contributed by atoms with van der Waals surface area (Å²) in [4.78, 5) is 10.0. The Morgan fingerprint density at radius 1 is 0.553 bits per heavy atom. The molecule has 3 heteroatoms. The van der Waals surface area contributed by atoms with Crippen molar-refractivity contribution in [3.05, 3.63) is 180 Å². The molecule has 0 saturated heterocycles. The molecule has 0 atom stereocenters. The van der Waals surface area contributed by atoms with Crippen LogP contribution in [0.15, 0.2) is 162 Å². The van der Waals surface area contributed by atoms with Crippen LogP contribution in [0.2, 0.25) is 0 Å². The molecule has 8 rings (SSSR count). The largest absolute Gasteiger partial charge is 0.309 e. The van der Waals surface area contributed by atoms with Crippen LogP contribution in [0.5, 0.6) is 0 Å². The van der Waals surface area contributed by atoms with Crippen molar-refractivity contribution in [1.82, 2.24) is 4.57 Å². The smallest absolute Gasteiger partial charge is 0.160 e. The van der Waals surface area contributed by atoms with E-state index in [0.717, 1.165) is 28.1 Å². The fourth-order valence-electron chi connectivity index (χ4n) is 7.10. The molecule has 0 N–H and O–H groups in total. The van der Waals surface area contributed by atoms with Crippen LogP contribution in [-0.4, -0.2) is 16.1 Å². The molecule has 47 heavy (non-hydrogen) atoms. The van der Waals surface area contributed by atoms with E-state index in [2.05, 4.69) is 117 Å². The van der Waals surface area contributed by atoms with Crippen molar-refractivity contribution >= 4 is 39.1 Å². The number of para-hydroxylation sites is 1. The van der Waals surface area contributed by atoms with Gasteiger partial charge in [-0.25, -0.2) is 9.98 Å². The van der Waals surface area contributed by atoms with Gasteiger partial charge >= 0.3 is 0 Å². The Balaban J connectivity index is 1.27. The summed E-state index contributed by atoms with van der Waals surface area (Å²) < 4.78 is 2.41. The number of benzene rings is 6. The zero-order chi connectivity index (χ0) is 32.1. The molecule has 0 bridgehead atoms. The van der Waals surface area contributed by atoms with Gasteiger partial charge in [-0.05, 0) is 70.6 Å². The zero-order valence-electron chi connectivity index (χ0n) is 26.9. The normalized spacial score (nSPS) is 13.9. The fraction of sp³-hybridized carbons (Fsp3) is 0.0909. The maximum Gasteiger partial charge on any atom is 0.160 e. The van der Waals surface area contributed by atoms with Gasteiger partial charge in [-0.1, -0.05) is 136 Å². The maximum atomic E-state index is 5.12. The van der Waals surface area contributed by atoms with E-state index < -0.39 is 0 Å². The third-order valence-corrected chi connectivity index (χ3v) is 9.55. The van der Waals surface area contributed by atoms with Gasteiger partial charge in [-0.2, -0.15) is 0 Å². The summed E-state index contributed by atoms with van der Waals surface area (Å²) in [7, 11) is 0. The van der Waals surface area contributed by atoms with Gasteiger partial charge in [0.2, 0.25) is 0 Å². The standard InChI is InChI=1S/C44H35N3/c1-29(31-16-7-5-8-17-31)45-43(32-18-9-6-10-19-32)46-30(2)33-20-15-21-34(26-33)47-41-25-14-12-23-36(41)38-27-37-35-22-11-13-24-39(35)44(3,4)40(37)28-42(38)47/h5-28H,1H2,2-4H3. The summed E-state index contributed by atoms with van der Waals surface area (Å²) in [5.74, 6) is 0.636. The average molecular weight is 606 g/mol. The van der Waals surface area contributed by atoms with Gasteiger partial charge in [0.05, 0.1) is 16.7 Å². The van der Waals surface area contributed by atoms with Crippen LogP contribution in [0.25, 0.3) is 44.3 Å². The number of amidine groups is 1. The highest BCUT2D eigenvalue weighted by Crippen LogP contribution is 2.50. The topological polar surface area (TPSA) is 29.6 Å². The minimum absolute atomic E-state index is 0.0799. The van der Waals surface area contributed by atoms with Crippen molar-refractivity contribution in [3.63, 3.8) is 0 Å². The molecular weight excluding hydrogens is 571 g/mol. The van der Waals surface area contributed by atoms with Crippen LogP contribution < -0.4 is 0 Å². The SMILES string of the molecule is C=C(N=C(N=C(C)c1cccc(-n2c3ccccc3c3cc4c(cc32)C(C)(C)c2ccccc2-4)c1)c1ccccc1)c1ccccc1. The van der Waals surface area contributed by atoms with E-state index in [1.165, 1.54) is 44.1 Å². The number of hydrogen-bond acceptors (Lipinski definition) is 1. The minimum Gasteiger partial charge on any atom is -0.309 e. The van der Waals surface area contributed by atoms with Crippen LogP contribution >= 0.6 is 0 Å². The molecule has 0 aliphatic heterocycles. The number of aliphatic imine (C=N–C) groups is 2. The highest BCUT2D eigenvalue weighted by Gasteiger charge is 2.36. The lowest BCUT2D eigenvalue weighted by Gasteiger charge is -2.21. The summed E-state index contributed by atoms with van der Waals surface area (Å²) in [5, 5.41) is 2.52. The highest BCUT2D eigenvalue weighted by atomic mass is 15.0. The first-order valence-electron chi connectivity index (χ1n) is 16.1. The second-order valence-electron chi connectivity index (χ2n) is 12.8. The molecule has 7 aromatic rings. The number of rotatable bonds is 5. The molecule has 0 unspecified atom stereocenters. The molecule has 0 spiro atoms. The predicted molar refractivity (Wildman–Crippen MR) is 199 cm³/mol. The molecule has 0 radical (unpaired) electrons. The molecule has 6 aromatic carbocycles. The molecule has 3 nitrogen and oxygen atoms in total. The summed E-state index contributed by atoms with van der Waals surface area (Å²) in [6.07, 6.45) is 0. The first kappa shape index (κ1) is 28.7. The van der Waals surface area contributed by atoms with Crippen LogP contribution in [-0.2, 0) is 5.41 Å². The van der Waals surface area contributed by atoms with E-state index in [0.29, 0.717) is 11.5 Å². The lowest BCUT2D eigenvalue weighted by molar-refractivity contribution is 0.661. The molecule has 0 amide bonds. The lowest BCUT2D eigenvalue weighted by Crippen LogP contribution is -2.15.